The van der Waals surface area contributed by atoms with E-state index < -0.39 is 10.0 Å². The molecule has 0 saturated heterocycles. The maximum Gasteiger partial charge on any atom is 0.241 e. The molecule has 0 radical (unpaired) electrons. The molecule has 0 aliphatic heterocycles. The van der Waals surface area contributed by atoms with Crippen LogP contribution in [0.4, 0.5) is 5.69 Å². The number of aryl methyl sites for hydroxylation is 4. The first-order chi connectivity index (χ1) is 13.0. The summed E-state index contributed by atoms with van der Waals surface area (Å²) in [5.74, 6) is -0.332. The highest BCUT2D eigenvalue weighted by Gasteiger charge is 2.24. The number of carbonyl (C=O) groups excluding carboxylic acids is 1. The number of nitrogens with one attached hydrogen (secondary N) is 1. The summed E-state index contributed by atoms with van der Waals surface area (Å²) >= 11 is 0. The molecule has 1 atom stereocenters. The van der Waals surface area contributed by atoms with E-state index in [2.05, 4.69) is 24.4 Å². The van der Waals surface area contributed by atoms with Crippen molar-refractivity contribution >= 4 is 21.6 Å². The van der Waals surface area contributed by atoms with Crippen molar-refractivity contribution in [3.05, 3.63) is 64.2 Å². The van der Waals surface area contributed by atoms with E-state index in [9.17, 15) is 13.2 Å². The Hall–Kier alpha value is -2.34. The fourth-order valence-electron chi connectivity index (χ4n) is 3.38. The van der Waals surface area contributed by atoms with Gasteiger partial charge in [-0.1, -0.05) is 37.3 Å². The third kappa shape index (κ3) is 5.13. The number of benzene rings is 2. The van der Waals surface area contributed by atoms with E-state index in [0.29, 0.717) is 12.1 Å². The van der Waals surface area contributed by atoms with E-state index in [1.54, 1.807) is 12.1 Å². The molecule has 2 aromatic rings. The van der Waals surface area contributed by atoms with Crippen LogP contribution in [-0.2, 0) is 21.2 Å². The molecule has 0 aromatic heterocycles. The third-order valence-corrected chi connectivity index (χ3v) is 6.18. The highest BCUT2D eigenvalue weighted by atomic mass is 32.2. The third-order valence-electron chi connectivity index (χ3n) is 5.06. The number of hydrogen-bond donors (Lipinski definition) is 1. The van der Waals surface area contributed by atoms with Gasteiger partial charge in [0.15, 0.2) is 0 Å². The van der Waals surface area contributed by atoms with Crippen molar-refractivity contribution in [1.82, 2.24) is 5.32 Å². The van der Waals surface area contributed by atoms with Gasteiger partial charge in [0.05, 0.1) is 18.0 Å². The maximum absolute atomic E-state index is 12.7. The molecule has 0 heterocycles. The molecule has 2 aromatic carbocycles. The lowest BCUT2D eigenvalue weighted by molar-refractivity contribution is -0.120. The topological polar surface area (TPSA) is 66.5 Å². The summed E-state index contributed by atoms with van der Waals surface area (Å²) in [7, 11) is -3.59. The van der Waals surface area contributed by atoms with Crippen LogP contribution < -0.4 is 9.62 Å². The van der Waals surface area contributed by atoms with Crippen LogP contribution in [0.2, 0.25) is 0 Å². The Morgan fingerprint density at radius 3 is 2.29 bits per heavy atom. The number of rotatable bonds is 7. The molecule has 6 heteroatoms. The van der Waals surface area contributed by atoms with Crippen molar-refractivity contribution in [2.45, 2.75) is 47.1 Å². The lowest BCUT2D eigenvalue weighted by atomic mass is 9.96. The van der Waals surface area contributed by atoms with Crippen LogP contribution in [-0.4, -0.2) is 27.1 Å². The van der Waals surface area contributed by atoms with E-state index in [-0.39, 0.29) is 18.5 Å². The molecule has 152 valence electrons. The maximum atomic E-state index is 12.7. The fourth-order valence-corrected chi connectivity index (χ4v) is 4.27. The van der Waals surface area contributed by atoms with Crippen LogP contribution in [0.1, 0.15) is 47.7 Å². The molecular formula is C22H30N2O3S. The van der Waals surface area contributed by atoms with Gasteiger partial charge in [-0.05, 0) is 68.0 Å². The number of sulfonamides is 1. The van der Waals surface area contributed by atoms with Gasteiger partial charge in [-0.15, -0.1) is 0 Å². The van der Waals surface area contributed by atoms with Gasteiger partial charge < -0.3 is 5.32 Å². The largest absolute Gasteiger partial charge is 0.348 e. The monoisotopic (exact) mass is 402 g/mol. The van der Waals surface area contributed by atoms with Crippen LogP contribution in [0.15, 0.2) is 36.4 Å². The van der Waals surface area contributed by atoms with Crippen LogP contribution in [0.5, 0.6) is 0 Å². The zero-order chi connectivity index (χ0) is 21.1. The summed E-state index contributed by atoms with van der Waals surface area (Å²) in [6.45, 7) is 9.75. The molecular weight excluding hydrogens is 372 g/mol. The zero-order valence-corrected chi connectivity index (χ0v) is 18.4. The lowest BCUT2D eigenvalue weighted by Crippen LogP contribution is -2.41. The van der Waals surface area contributed by atoms with Gasteiger partial charge in [-0.25, -0.2) is 8.42 Å². The first kappa shape index (κ1) is 22.0. The Bertz CT molecular complexity index is 968. The molecule has 1 N–H and O–H groups in total. The minimum Gasteiger partial charge on any atom is -0.348 e. The molecule has 0 saturated carbocycles. The van der Waals surface area contributed by atoms with Crippen LogP contribution in [0, 0.1) is 20.8 Å². The predicted octanol–water partition coefficient (Wildman–Crippen LogP) is 3.82. The van der Waals surface area contributed by atoms with Crippen molar-refractivity contribution in [3.8, 4) is 0 Å². The Kier molecular flexibility index (Phi) is 6.88. The van der Waals surface area contributed by atoms with Gasteiger partial charge in [0.1, 0.15) is 6.54 Å². The Balaban J connectivity index is 2.24. The van der Waals surface area contributed by atoms with Crippen molar-refractivity contribution in [3.63, 3.8) is 0 Å². The second-order valence-electron chi connectivity index (χ2n) is 7.33. The first-order valence-corrected chi connectivity index (χ1v) is 11.3. The average Bonchev–Trinajstić information content (AvgIpc) is 2.61. The molecule has 2 rings (SSSR count). The Labute approximate surface area is 168 Å². The molecule has 0 aliphatic carbocycles. The number of hydrogen-bond acceptors (Lipinski definition) is 3. The minimum absolute atomic E-state index is 0.213. The van der Waals surface area contributed by atoms with E-state index >= 15 is 0 Å². The van der Waals surface area contributed by atoms with Crippen molar-refractivity contribution in [1.29, 1.82) is 0 Å². The first-order valence-electron chi connectivity index (χ1n) is 9.47. The van der Waals surface area contributed by atoms with Gasteiger partial charge in [0.2, 0.25) is 15.9 Å². The van der Waals surface area contributed by atoms with Crippen LogP contribution in [0.3, 0.4) is 0 Å². The SMILES string of the molecule is CCc1ccccc1N(CC(=O)N[C@@H](C)c1cc(C)c(C)cc1C)S(C)(=O)=O. The Morgan fingerprint density at radius 1 is 1.07 bits per heavy atom. The second-order valence-corrected chi connectivity index (χ2v) is 9.24. The van der Waals surface area contributed by atoms with E-state index in [1.807, 2.05) is 39.8 Å². The quantitative estimate of drug-likeness (QED) is 0.766. The summed E-state index contributed by atoms with van der Waals surface area (Å²) in [6, 6.07) is 11.2. The summed E-state index contributed by atoms with van der Waals surface area (Å²) in [5.41, 5.74) is 5.95. The summed E-state index contributed by atoms with van der Waals surface area (Å²) in [6.07, 6.45) is 1.81. The number of nitrogens with zero attached hydrogens (tertiary/aromatic N) is 1. The molecule has 1 amide bonds. The number of para-hydroxylation sites is 1. The van der Waals surface area contributed by atoms with Crippen molar-refractivity contribution in [2.75, 3.05) is 17.1 Å². The molecule has 0 unspecified atom stereocenters. The molecule has 0 fully saturated rings. The number of anilines is 1. The van der Waals surface area contributed by atoms with Gasteiger partial charge in [-0.2, -0.15) is 0 Å². The number of carbonyl (C=O) groups is 1. The second kappa shape index (κ2) is 8.78. The molecule has 5 nitrogen and oxygen atoms in total. The Morgan fingerprint density at radius 2 is 1.68 bits per heavy atom. The summed E-state index contributed by atoms with van der Waals surface area (Å²) in [5, 5.41) is 2.95. The van der Waals surface area contributed by atoms with Crippen LogP contribution in [0.25, 0.3) is 0 Å². The predicted molar refractivity (Wildman–Crippen MR) is 115 cm³/mol. The van der Waals surface area contributed by atoms with E-state index in [4.69, 9.17) is 0 Å². The lowest BCUT2D eigenvalue weighted by Gasteiger charge is -2.25. The summed E-state index contributed by atoms with van der Waals surface area (Å²) < 4.78 is 25.9. The fraction of sp³-hybridized carbons (Fsp3) is 0.409. The highest BCUT2D eigenvalue weighted by molar-refractivity contribution is 7.92. The van der Waals surface area contributed by atoms with Gasteiger partial charge in [0.25, 0.3) is 0 Å². The number of amides is 1. The molecule has 0 aliphatic rings. The van der Waals surface area contributed by atoms with Crippen molar-refractivity contribution < 1.29 is 13.2 Å². The molecule has 0 spiro atoms. The van der Waals surface area contributed by atoms with Gasteiger partial charge in [0, 0.05) is 0 Å². The van der Waals surface area contributed by atoms with Gasteiger partial charge in [-0.3, -0.25) is 9.10 Å². The zero-order valence-electron chi connectivity index (χ0n) is 17.5. The van der Waals surface area contributed by atoms with Crippen molar-refractivity contribution in [2.24, 2.45) is 0 Å². The smallest absolute Gasteiger partial charge is 0.241 e. The van der Waals surface area contributed by atoms with E-state index in [0.717, 1.165) is 28.5 Å². The highest BCUT2D eigenvalue weighted by Crippen LogP contribution is 2.24. The minimum atomic E-state index is -3.59. The normalized spacial score (nSPS) is 12.5. The molecule has 0 bridgehead atoms. The standard InChI is InChI=1S/C22H30N2O3S/c1-7-19-10-8-9-11-21(19)24(28(6,26)27)14-22(25)23-18(5)20-13-16(3)15(2)12-17(20)4/h8-13,18H,7,14H2,1-6H3,(H,23,25)/t18-/m0/s1. The van der Waals surface area contributed by atoms with E-state index in [1.165, 1.54) is 9.87 Å². The average molecular weight is 403 g/mol. The molecule has 28 heavy (non-hydrogen) atoms. The van der Waals surface area contributed by atoms with Crippen LogP contribution >= 0.6 is 0 Å². The summed E-state index contributed by atoms with van der Waals surface area (Å²) in [4.78, 5) is 12.7. The van der Waals surface area contributed by atoms with Gasteiger partial charge >= 0.3 is 0 Å².